The molecule has 0 fully saturated rings. The number of ether oxygens (including phenoxy) is 2. The lowest BCUT2D eigenvalue weighted by Gasteiger charge is -2.11. The number of hydrogen-bond acceptors (Lipinski definition) is 3. The summed E-state index contributed by atoms with van der Waals surface area (Å²) in [5.74, 6) is 0.162. The Hall–Kier alpha value is -2.27. The van der Waals surface area contributed by atoms with Gasteiger partial charge in [0.1, 0.15) is 17.3 Å². The van der Waals surface area contributed by atoms with E-state index in [0.717, 1.165) is 0 Å². The normalized spacial score (nSPS) is 10.0. The van der Waals surface area contributed by atoms with Crippen molar-refractivity contribution in [1.29, 1.82) is 0 Å². The lowest BCUT2D eigenvalue weighted by molar-refractivity contribution is -0.118. The fourth-order valence-corrected chi connectivity index (χ4v) is 1.82. The number of benzene rings is 2. The largest absolute Gasteiger partial charge is 0.495 e. The summed E-state index contributed by atoms with van der Waals surface area (Å²) >= 11 is 5.87. The zero-order valence-corrected chi connectivity index (χ0v) is 12.0. The number of halogens is 2. The van der Waals surface area contributed by atoms with Crippen molar-refractivity contribution >= 4 is 23.2 Å². The van der Waals surface area contributed by atoms with E-state index in [9.17, 15) is 9.18 Å². The highest BCUT2D eigenvalue weighted by Crippen LogP contribution is 2.27. The van der Waals surface area contributed by atoms with E-state index in [0.29, 0.717) is 22.2 Å². The van der Waals surface area contributed by atoms with Crippen LogP contribution in [0.15, 0.2) is 42.5 Å². The van der Waals surface area contributed by atoms with E-state index >= 15 is 0 Å². The van der Waals surface area contributed by atoms with Gasteiger partial charge in [-0.25, -0.2) is 4.39 Å². The van der Waals surface area contributed by atoms with Crippen molar-refractivity contribution in [2.75, 3.05) is 19.0 Å². The number of carbonyl (C=O) groups is 1. The van der Waals surface area contributed by atoms with E-state index in [-0.39, 0.29) is 18.3 Å². The molecule has 1 amide bonds. The van der Waals surface area contributed by atoms with E-state index < -0.39 is 0 Å². The standard InChI is InChI=1S/C15H13ClFNO3/c1-20-14-7-2-10(16)8-13(14)18-15(19)9-21-12-5-3-11(17)4-6-12/h2-8H,9H2,1H3,(H,18,19). The fraction of sp³-hybridized carbons (Fsp3) is 0.133. The summed E-state index contributed by atoms with van der Waals surface area (Å²) in [5, 5.41) is 3.11. The maximum Gasteiger partial charge on any atom is 0.262 e. The molecule has 0 spiro atoms. The predicted molar refractivity (Wildman–Crippen MR) is 78.5 cm³/mol. The van der Waals surface area contributed by atoms with Gasteiger partial charge in [0.05, 0.1) is 12.8 Å². The molecular weight excluding hydrogens is 297 g/mol. The molecule has 0 heterocycles. The molecule has 1 N–H and O–H groups in total. The maximum absolute atomic E-state index is 12.7. The van der Waals surface area contributed by atoms with Crippen molar-refractivity contribution in [3.8, 4) is 11.5 Å². The number of hydrogen-bond donors (Lipinski definition) is 1. The highest BCUT2D eigenvalue weighted by molar-refractivity contribution is 6.31. The molecule has 0 aliphatic rings. The molecule has 2 aromatic carbocycles. The van der Waals surface area contributed by atoms with Crippen LogP contribution in [0.4, 0.5) is 10.1 Å². The molecule has 0 unspecified atom stereocenters. The Labute approximate surface area is 126 Å². The molecule has 0 bridgehead atoms. The SMILES string of the molecule is COc1ccc(Cl)cc1NC(=O)COc1ccc(F)cc1. The fourth-order valence-electron chi connectivity index (χ4n) is 1.64. The van der Waals surface area contributed by atoms with Gasteiger partial charge >= 0.3 is 0 Å². The smallest absolute Gasteiger partial charge is 0.262 e. The highest BCUT2D eigenvalue weighted by Gasteiger charge is 2.09. The van der Waals surface area contributed by atoms with Crippen LogP contribution >= 0.6 is 11.6 Å². The molecule has 0 radical (unpaired) electrons. The van der Waals surface area contributed by atoms with E-state index in [1.165, 1.54) is 31.4 Å². The van der Waals surface area contributed by atoms with Gasteiger partial charge in [0, 0.05) is 5.02 Å². The number of anilines is 1. The van der Waals surface area contributed by atoms with Gasteiger partial charge in [0.2, 0.25) is 0 Å². The average Bonchev–Trinajstić information content (AvgIpc) is 2.47. The quantitative estimate of drug-likeness (QED) is 0.919. The van der Waals surface area contributed by atoms with Gasteiger partial charge in [-0.2, -0.15) is 0 Å². The molecule has 4 nitrogen and oxygen atoms in total. The molecule has 0 aromatic heterocycles. The first-order valence-corrected chi connectivity index (χ1v) is 6.48. The van der Waals surface area contributed by atoms with Crippen LogP contribution in [0.1, 0.15) is 0 Å². The van der Waals surface area contributed by atoms with Crippen LogP contribution < -0.4 is 14.8 Å². The molecular formula is C15H13ClFNO3. The minimum absolute atomic E-state index is 0.207. The molecule has 6 heteroatoms. The molecule has 0 aliphatic heterocycles. The Morgan fingerprint density at radius 2 is 1.95 bits per heavy atom. The van der Waals surface area contributed by atoms with Crippen molar-refractivity contribution in [3.05, 3.63) is 53.3 Å². The molecule has 21 heavy (non-hydrogen) atoms. The first-order chi connectivity index (χ1) is 10.1. The molecule has 0 saturated carbocycles. The lowest BCUT2D eigenvalue weighted by atomic mass is 10.3. The number of methoxy groups -OCH3 is 1. The number of nitrogens with one attached hydrogen (secondary N) is 1. The predicted octanol–water partition coefficient (Wildman–Crippen LogP) is 3.51. The number of rotatable bonds is 5. The van der Waals surface area contributed by atoms with Gasteiger partial charge in [-0.05, 0) is 42.5 Å². The second-order valence-corrected chi connectivity index (χ2v) is 4.57. The Bertz CT molecular complexity index is 631. The minimum atomic E-state index is -0.375. The van der Waals surface area contributed by atoms with Gasteiger partial charge in [0.15, 0.2) is 6.61 Å². The molecule has 2 aromatic rings. The maximum atomic E-state index is 12.7. The zero-order chi connectivity index (χ0) is 15.2. The monoisotopic (exact) mass is 309 g/mol. The van der Waals surface area contributed by atoms with E-state index in [1.807, 2.05) is 0 Å². The summed E-state index contributed by atoms with van der Waals surface area (Å²) in [4.78, 5) is 11.8. The van der Waals surface area contributed by atoms with Gasteiger partial charge in [-0.1, -0.05) is 11.6 Å². The Morgan fingerprint density at radius 1 is 1.24 bits per heavy atom. The summed E-state index contributed by atoms with van der Waals surface area (Å²) in [6, 6.07) is 10.3. The van der Waals surface area contributed by atoms with Gasteiger partial charge in [-0.3, -0.25) is 4.79 Å². The van der Waals surface area contributed by atoms with E-state index in [1.54, 1.807) is 18.2 Å². The summed E-state index contributed by atoms with van der Waals surface area (Å²) in [5.41, 5.74) is 0.456. The lowest BCUT2D eigenvalue weighted by Crippen LogP contribution is -2.20. The Morgan fingerprint density at radius 3 is 2.62 bits per heavy atom. The van der Waals surface area contributed by atoms with Crippen molar-refractivity contribution in [2.24, 2.45) is 0 Å². The zero-order valence-electron chi connectivity index (χ0n) is 11.2. The topological polar surface area (TPSA) is 47.6 Å². The molecule has 2 rings (SSSR count). The molecule has 0 saturated heterocycles. The van der Waals surface area contributed by atoms with Gasteiger partial charge in [0.25, 0.3) is 5.91 Å². The molecule has 0 aliphatic carbocycles. The van der Waals surface area contributed by atoms with E-state index in [4.69, 9.17) is 21.1 Å². The van der Waals surface area contributed by atoms with Gasteiger partial charge in [-0.15, -0.1) is 0 Å². The first-order valence-electron chi connectivity index (χ1n) is 6.10. The third-order valence-electron chi connectivity index (χ3n) is 2.62. The summed E-state index contributed by atoms with van der Waals surface area (Å²) in [6.45, 7) is -0.207. The van der Waals surface area contributed by atoms with Crippen LogP contribution in [0.2, 0.25) is 5.02 Å². The van der Waals surface area contributed by atoms with Crippen molar-refractivity contribution in [2.45, 2.75) is 0 Å². The van der Waals surface area contributed by atoms with Crippen LogP contribution in [0.5, 0.6) is 11.5 Å². The third kappa shape index (κ3) is 4.36. The van der Waals surface area contributed by atoms with Crippen molar-refractivity contribution < 1.29 is 18.7 Å². The first kappa shape index (κ1) is 15.1. The second-order valence-electron chi connectivity index (χ2n) is 4.14. The van der Waals surface area contributed by atoms with Crippen LogP contribution in [0, 0.1) is 5.82 Å². The Kier molecular flexibility index (Phi) is 5.00. The Balaban J connectivity index is 1.95. The van der Waals surface area contributed by atoms with Gasteiger partial charge < -0.3 is 14.8 Å². The van der Waals surface area contributed by atoms with Crippen LogP contribution in [0.3, 0.4) is 0 Å². The number of carbonyl (C=O) groups excluding carboxylic acids is 1. The average molecular weight is 310 g/mol. The minimum Gasteiger partial charge on any atom is -0.495 e. The van der Waals surface area contributed by atoms with Crippen LogP contribution in [-0.4, -0.2) is 19.6 Å². The van der Waals surface area contributed by atoms with E-state index in [2.05, 4.69) is 5.32 Å². The number of amides is 1. The summed E-state index contributed by atoms with van der Waals surface area (Å²) in [7, 11) is 1.49. The summed E-state index contributed by atoms with van der Waals surface area (Å²) in [6.07, 6.45) is 0. The van der Waals surface area contributed by atoms with Crippen molar-refractivity contribution in [1.82, 2.24) is 0 Å². The second kappa shape index (κ2) is 6.95. The summed E-state index contributed by atoms with van der Waals surface area (Å²) < 4.78 is 23.1. The molecule has 0 atom stereocenters. The molecule has 110 valence electrons. The highest BCUT2D eigenvalue weighted by atomic mass is 35.5. The third-order valence-corrected chi connectivity index (χ3v) is 2.85. The van der Waals surface area contributed by atoms with Crippen molar-refractivity contribution in [3.63, 3.8) is 0 Å². The van der Waals surface area contributed by atoms with Crippen LogP contribution in [0.25, 0.3) is 0 Å². The van der Waals surface area contributed by atoms with Crippen LogP contribution in [-0.2, 0) is 4.79 Å².